The van der Waals surface area contributed by atoms with Crippen molar-refractivity contribution in [2.75, 3.05) is 0 Å². The maximum Gasteiger partial charge on any atom is 0.0845 e. The summed E-state index contributed by atoms with van der Waals surface area (Å²) < 4.78 is 1.76. The maximum absolute atomic E-state index is 6.58. The molecule has 0 bridgehead atoms. The number of hydrogen-bond donors (Lipinski definition) is 1. The highest BCUT2D eigenvalue weighted by Crippen LogP contribution is 2.32. The van der Waals surface area contributed by atoms with E-state index in [0.717, 1.165) is 30.9 Å². The summed E-state index contributed by atoms with van der Waals surface area (Å²) in [4.78, 5) is 0. The van der Waals surface area contributed by atoms with Crippen LogP contribution in [-0.4, -0.2) is 20.5 Å². The van der Waals surface area contributed by atoms with E-state index >= 15 is 0 Å². The molecule has 0 saturated heterocycles. The minimum Gasteiger partial charge on any atom is -0.325 e. The lowest BCUT2D eigenvalue weighted by Gasteiger charge is -2.27. The average molecular weight is 250 g/mol. The Morgan fingerprint density at radius 2 is 2.28 bits per heavy atom. The Kier molecular flexibility index (Phi) is 4.38. The molecule has 0 amide bonds. The number of nitrogens with two attached hydrogens (primary N) is 1. The summed E-state index contributed by atoms with van der Waals surface area (Å²) in [5.74, 6) is 0.891. The van der Waals surface area contributed by atoms with Crippen LogP contribution in [0.15, 0.2) is 6.20 Å². The Morgan fingerprint density at radius 1 is 1.44 bits per heavy atom. The van der Waals surface area contributed by atoms with Crippen LogP contribution in [0.5, 0.6) is 0 Å². The SMILES string of the molecule is CCCC1CCCC(N)(Cc2cn(C)nn2)CC1. The van der Waals surface area contributed by atoms with E-state index in [1.54, 1.807) is 4.68 Å². The van der Waals surface area contributed by atoms with Crippen LogP contribution in [-0.2, 0) is 13.5 Å². The predicted octanol–water partition coefficient (Wildman–Crippen LogP) is 2.44. The topological polar surface area (TPSA) is 56.7 Å². The normalized spacial score (nSPS) is 29.2. The fourth-order valence-corrected chi connectivity index (χ4v) is 3.21. The third kappa shape index (κ3) is 3.55. The van der Waals surface area contributed by atoms with E-state index in [4.69, 9.17) is 5.73 Å². The van der Waals surface area contributed by atoms with Crippen LogP contribution in [0.1, 0.15) is 57.6 Å². The molecule has 1 fully saturated rings. The van der Waals surface area contributed by atoms with Gasteiger partial charge in [-0.25, -0.2) is 0 Å². The summed E-state index contributed by atoms with van der Waals surface area (Å²) in [5.41, 5.74) is 7.56. The first-order chi connectivity index (χ1) is 8.61. The van der Waals surface area contributed by atoms with Gasteiger partial charge in [0.05, 0.1) is 5.69 Å². The van der Waals surface area contributed by atoms with Crippen LogP contribution >= 0.6 is 0 Å². The van der Waals surface area contributed by atoms with Crippen molar-refractivity contribution in [3.63, 3.8) is 0 Å². The minimum absolute atomic E-state index is 0.0570. The summed E-state index contributed by atoms with van der Waals surface area (Å²) in [6, 6.07) is 0. The Balaban J connectivity index is 1.94. The van der Waals surface area contributed by atoms with Crippen LogP contribution < -0.4 is 5.73 Å². The van der Waals surface area contributed by atoms with Crippen molar-refractivity contribution in [1.82, 2.24) is 15.0 Å². The summed E-state index contributed by atoms with van der Waals surface area (Å²) in [6.45, 7) is 2.28. The molecule has 1 aliphatic carbocycles. The Morgan fingerprint density at radius 3 is 2.94 bits per heavy atom. The van der Waals surface area contributed by atoms with Gasteiger partial charge in [0.1, 0.15) is 0 Å². The highest BCUT2D eigenvalue weighted by molar-refractivity contribution is 5.02. The molecule has 102 valence electrons. The molecule has 0 aliphatic heterocycles. The maximum atomic E-state index is 6.58. The number of hydrogen-bond acceptors (Lipinski definition) is 3. The number of nitrogens with zero attached hydrogens (tertiary/aromatic N) is 3. The van der Waals surface area contributed by atoms with Crippen molar-refractivity contribution in [3.05, 3.63) is 11.9 Å². The molecule has 2 atom stereocenters. The zero-order valence-corrected chi connectivity index (χ0v) is 11.7. The van der Waals surface area contributed by atoms with Gasteiger partial charge in [0.25, 0.3) is 0 Å². The Labute approximate surface area is 110 Å². The van der Waals surface area contributed by atoms with Crippen molar-refractivity contribution >= 4 is 0 Å². The van der Waals surface area contributed by atoms with Crippen LogP contribution in [0.3, 0.4) is 0 Å². The van der Waals surface area contributed by atoms with Crippen LogP contribution in [0, 0.1) is 5.92 Å². The number of rotatable bonds is 4. The van der Waals surface area contributed by atoms with E-state index in [9.17, 15) is 0 Å². The van der Waals surface area contributed by atoms with E-state index in [-0.39, 0.29) is 5.54 Å². The van der Waals surface area contributed by atoms with Crippen LogP contribution in [0.4, 0.5) is 0 Å². The molecule has 1 aromatic heterocycles. The molecular formula is C14H26N4. The molecule has 1 heterocycles. The molecule has 18 heavy (non-hydrogen) atoms. The molecular weight excluding hydrogens is 224 g/mol. The molecule has 1 aromatic rings. The summed E-state index contributed by atoms with van der Waals surface area (Å²) >= 11 is 0. The predicted molar refractivity (Wildman–Crippen MR) is 73.1 cm³/mol. The first-order valence-electron chi connectivity index (χ1n) is 7.25. The third-order valence-corrected chi connectivity index (χ3v) is 4.22. The number of aromatic nitrogens is 3. The molecule has 0 radical (unpaired) electrons. The van der Waals surface area contributed by atoms with Crippen molar-refractivity contribution in [1.29, 1.82) is 0 Å². The van der Waals surface area contributed by atoms with E-state index in [1.807, 2.05) is 13.2 Å². The minimum atomic E-state index is -0.0570. The van der Waals surface area contributed by atoms with Crippen molar-refractivity contribution in [2.45, 2.75) is 63.8 Å². The molecule has 4 nitrogen and oxygen atoms in total. The van der Waals surface area contributed by atoms with E-state index in [1.165, 1.54) is 32.1 Å². The van der Waals surface area contributed by atoms with Gasteiger partial charge in [-0.2, -0.15) is 0 Å². The molecule has 0 spiro atoms. The molecule has 1 aliphatic rings. The van der Waals surface area contributed by atoms with Gasteiger partial charge in [0.2, 0.25) is 0 Å². The molecule has 2 unspecified atom stereocenters. The van der Waals surface area contributed by atoms with Crippen LogP contribution in [0.25, 0.3) is 0 Å². The lowest BCUT2D eigenvalue weighted by atomic mass is 9.86. The van der Waals surface area contributed by atoms with Gasteiger partial charge in [-0.05, 0) is 25.2 Å². The summed E-state index contributed by atoms with van der Waals surface area (Å²) in [6.07, 6.45) is 11.7. The standard InChI is InChI=1S/C14H26N4/c1-3-5-12-6-4-8-14(15,9-7-12)10-13-11-18(2)17-16-13/h11-12H,3-10,15H2,1-2H3. The Bertz CT molecular complexity index is 374. The van der Waals surface area contributed by atoms with E-state index in [0.29, 0.717) is 0 Å². The molecule has 4 heteroatoms. The van der Waals surface area contributed by atoms with Crippen LogP contribution in [0.2, 0.25) is 0 Å². The summed E-state index contributed by atoms with van der Waals surface area (Å²) in [7, 11) is 1.91. The van der Waals surface area contributed by atoms with Gasteiger partial charge in [-0.15, -0.1) is 5.10 Å². The first kappa shape index (κ1) is 13.5. The fraction of sp³-hybridized carbons (Fsp3) is 0.857. The van der Waals surface area contributed by atoms with Crippen molar-refractivity contribution in [2.24, 2.45) is 18.7 Å². The smallest absolute Gasteiger partial charge is 0.0845 e. The van der Waals surface area contributed by atoms with E-state index < -0.39 is 0 Å². The molecule has 2 N–H and O–H groups in total. The number of aryl methyl sites for hydroxylation is 1. The Hall–Kier alpha value is -0.900. The van der Waals surface area contributed by atoms with Crippen molar-refractivity contribution in [3.8, 4) is 0 Å². The largest absolute Gasteiger partial charge is 0.325 e. The zero-order valence-electron chi connectivity index (χ0n) is 11.7. The highest BCUT2D eigenvalue weighted by Gasteiger charge is 2.30. The third-order valence-electron chi connectivity index (χ3n) is 4.22. The van der Waals surface area contributed by atoms with Gasteiger partial charge in [0.15, 0.2) is 0 Å². The molecule has 1 saturated carbocycles. The highest BCUT2D eigenvalue weighted by atomic mass is 15.4. The first-order valence-corrected chi connectivity index (χ1v) is 7.25. The van der Waals surface area contributed by atoms with Gasteiger partial charge >= 0.3 is 0 Å². The molecule has 2 rings (SSSR count). The quantitative estimate of drug-likeness (QED) is 0.835. The van der Waals surface area contributed by atoms with Crippen molar-refractivity contribution < 1.29 is 0 Å². The van der Waals surface area contributed by atoms with Gasteiger partial charge in [-0.1, -0.05) is 37.8 Å². The lowest BCUT2D eigenvalue weighted by Crippen LogP contribution is -2.41. The second-order valence-electron chi connectivity index (χ2n) is 6.01. The van der Waals surface area contributed by atoms with Gasteiger partial charge in [-0.3, -0.25) is 4.68 Å². The van der Waals surface area contributed by atoms with E-state index in [2.05, 4.69) is 17.2 Å². The molecule has 0 aromatic carbocycles. The lowest BCUT2D eigenvalue weighted by molar-refractivity contribution is 0.352. The monoisotopic (exact) mass is 250 g/mol. The zero-order chi connectivity index (χ0) is 13.0. The summed E-state index contributed by atoms with van der Waals surface area (Å²) in [5, 5.41) is 8.17. The second-order valence-corrected chi connectivity index (χ2v) is 6.01. The average Bonchev–Trinajstić information content (AvgIpc) is 2.62. The van der Waals surface area contributed by atoms with Gasteiger partial charge in [0, 0.05) is 25.2 Å². The fourth-order valence-electron chi connectivity index (χ4n) is 3.21. The second kappa shape index (κ2) is 5.83. The van der Waals surface area contributed by atoms with Gasteiger partial charge < -0.3 is 5.73 Å².